The van der Waals surface area contributed by atoms with Crippen LogP contribution in [-0.2, 0) is 0 Å². The van der Waals surface area contributed by atoms with E-state index in [2.05, 4.69) is 15.6 Å². The Labute approximate surface area is 159 Å². The molecule has 0 fully saturated rings. The van der Waals surface area contributed by atoms with E-state index in [-0.39, 0.29) is 16.9 Å². The normalized spacial score (nSPS) is 10.2. The zero-order valence-electron chi connectivity index (χ0n) is 14.7. The molecule has 0 unspecified atom stereocenters. The van der Waals surface area contributed by atoms with Gasteiger partial charge in [-0.2, -0.15) is 0 Å². The standard InChI is InChI=1S/C20H15F2N3O3/c1-28-15-5-2-13(3-6-15)24-19(26)12-8-9-23-18(10-12)20(27)25-14-4-7-16(21)17(22)11-14/h2-11H,1H3,(H,24,26)(H,25,27). The smallest absolute Gasteiger partial charge is 0.274 e. The summed E-state index contributed by atoms with van der Waals surface area (Å²) in [6.45, 7) is 0. The fraction of sp³-hybridized carbons (Fsp3) is 0.0500. The molecular weight excluding hydrogens is 368 g/mol. The van der Waals surface area contributed by atoms with Crippen LogP contribution in [0, 0.1) is 11.6 Å². The minimum Gasteiger partial charge on any atom is -0.497 e. The van der Waals surface area contributed by atoms with Crippen molar-refractivity contribution in [3.05, 3.63) is 83.7 Å². The van der Waals surface area contributed by atoms with E-state index in [1.165, 1.54) is 31.5 Å². The molecule has 28 heavy (non-hydrogen) atoms. The Hall–Kier alpha value is -3.81. The number of carbonyl (C=O) groups excluding carboxylic acids is 2. The fourth-order valence-electron chi connectivity index (χ4n) is 2.34. The van der Waals surface area contributed by atoms with Crippen LogP contribution in [0.1, 0.15) is 20.8 Å². The summed E-state index contributed by atoms with van der Waals surface area (Å²) >= 11 is 0. The molecule has 2 amide bonds. The molecule has 0 aliphatic carbocycles. The fourth-order valence-corrected chi connectivity index (χ4v) is 2.34. The summed E-state index contributed by atoms with van der Waals surface area (Å²) in [5.41, 5.74) is 0.780. The lowest BCUT2D eigenvalue weighted by molar-refractivity contribution is 0.102. The average molecular weight is 383 g/mol. The highest BCUT2D eigenvalue weighted by Gasteiger charge is 2.13. The van der Waals surface area contributed by atoms with Crippen LogP contribution in [0.3, 0.4) is 0 Å². The Balaban J connectivity index is 1.72. The molecule has 0 aliphatic heterocycles. The second-order valence-electron chi connectivity index (χ2n) is 5.70. The van der Waals surface area contributed by atoms with Gasteiger partial charge in [-0.25, -0.2) is 8.78 Å². The molecule has 6 nitrogen and oxygen atoms in total. The van der Waals surface area contributed by atoms with Crippen molar-refractivity contribution in [3.8, 4) is 5.75 Å². The second-order valence-corrected chi connectivity index (χ2v) is 5.70. The number of amides is 2. The van der Waals surface area contributed by atoms with Gasteiger partial charge in [0, 0.05) is 29.2 Å². The minimum atomic E-state index is -1.08. The Kier molecular flexibility index (Phi) is 5.59. The number of carbonyl (C=O) groups is 2. The van der Waals surface area contributed by atoms with Crippen LogP contribution in [0.5, 0.6) is 5.75 Å². The van der Waals surface area contributed by atoms with E-state index < -0.39 is 23.4 Å². The van der Waals surface area contributed by atoms with Crippen molar-refractivity contribution in [3.63, 3.8) is 0 Å². The summed E-state index contributed by atoms with van der Waals surface area (Å²) in [7, 11) is 1.54. The van der Waals surface area contributed by atoms with Gasteiger partial charge in [0.05, 0.1) is 7.11 Å². The lowest BCUT2D eigenvalue weighted by Gasteiger charge is -2.08. The average Bonchev–Trinajstić information content (AvgIpc) is 2.71. The molecule has 0 bridgehead atoms. The summed E-state index contributed by atoms with van der Waals surface area (Å²) in [5.74, 6) is -2.55. The van der Waals surface area contributed by atoms with Crippen molar-refractivity contribution in [2.75, 3.05) is 17.7 Å². The lowest BCUT2D eigenvalue weighted by atomic mass is 10.2. The maximum atomic E-state index is 13.3. The van der Waals surface area contributed by atoms with E-state index in [0.717, 1.165) is 12.1 Å². The van der Waals surface area contributed by atoms with E-state index in [1.54, 1.807) is 24.3 Å². The van der Waals surface area contributed by atoms with E-state index in [9.17, 15) is 18.4 Å². The van der Waals surface area contributed by atoms with Crippen molar-refractivity contribution in [1.29, 1.82) is 0 Å². The van der Waals surface area contributed by atoms with Crippen LogP contribution in [0.2, 0.25) is 0 Å². The third kappa shape index (κ3) is 4.47. The molecule has 142 valence electrons. The largest absolute Gasteiger partial charge is 0.497 e. The number of hydrogen-bond donors (Lipinski definition) is 2. The number of anilines is 2. The monoisotopic (exact) mass is 383 g/mol. The van der Waals surface area contributed by atoms with Crippen LogP contribution in [-0.4, -0.2) is 23.9 Å². The first-order valence-corrected chi connectivity index (χ1v) is 8.14. The number of halogens is 2. The van der Waals surface area contributed by atoms with Gasteiger partial charge in [-0.15, -0.1) is 0 Å². The number of ether oxygens (including phenoxy) is 1. The molecule has 1 aromatic heterocycles. The van der Waals surface area contributed by atoms with Crippen LogP contribution in [0.25, 0.3) is 0 Å². The maximum absolute atomic E-state index is 13.3. The van der Waals surface area contributed by atoms with E-state index in [1.807, 2.05) is 0 Å². The molecule has 2 N–H and O–H groups in total. The maximum Gasteiger partial charge on any atom is 0.274 e. The van der Waals surface area contributed by atoms with Gasteiger partial charge in [-0.1, -0.05) is 0 Å². The molecule has 0 saturated heterocycles. The first-order chi connectivity index (χ1) is 13.5. The molecule has 8 heteroatoms. The van der Waals surface area contributed by atoms with Crippen molar-refractivity contribution >= 4 is 23.2 Å². The van der Waals surface area contributed by atoms with Gasteiger partial charge in [0.2, 0.25) is 0 Å². The van der Waals surface area contributed by atoms with Crippen molar-refractivity contribution in [1.82, 2.24) is 4.98 Å². The number of aromatic nitrogens is 1. The Morgan fingerprint density at radius 3 is 2.21 bits per heavy atom. The molecule has 0 saturated carbocycles. The second kappa shape index (κ2) is 8.26. The number of nitrogens with zero attached hydrogens (tertiary/aromatic N) is 1. The molecule has 3 rings (SSSR count). The molecule has 3 aromatic rings. The Morgan fingerprint density at radius 2 is 1.54 bits per heavy atom. The summed E-state index contributed by atoms with van der Waals surface area (Å²) in [5, 5.41) is 5.09. The Morgan fingerprint density at radius 1 is 0.857 bits per heavy atom. The molecule has 0 aliphatic rings. The predicted molar refractivity (Wildman–Crippen MR) is 99.5 cm³/mol. The van der Waals surface area contributed by atoms with E-state index in [0.29, 0.717) is 11.4 Å². The van der Waals surface area contributed by atoms with E-state index in [4.69, 9.17) is 4.74 Å². The zero-order valence-corrected chi connectivity index (χ0v) is 14.7. The first-order valence-electron chi connectivity index (χ1n) is 8.14. The van der Waals surface area contributed by atoms with Crippen LogP contribution < -0.4 is 15.4 Å². The zero-order chi connectivity index (χ0) is 20.1. The van der Waals surface area contributed by atoms with Gasteiger partial charge in [0.15, 0.2) is 11.6 Å². The van der Waals surface area contributed by atoms with E-state index >= 15 is 0 Å². The first kappa shape index (κ1) is 19.0. The highest BCUT2D eigenvalue weighted by molar-refractivity contribution is 6.07. The third-order valence-corrected chi connectivity index (χ3v) is 3.78. The molecular formula is C20H15F2N3O3. The van der Waals surface area contributed by atoms with Crippen molar-refractivity contribution < 1.29 is 23.1 Å². The number of pyridine rings is 1. The van der Waals surface area contributed by atoms with Gasteiger partial charge in [-0.05, 0) is 48.5 Å². The SMILES string of the molecule is COc1ccc(NC(=O)c2ccnc(C(=O)Nc3ccc(F)c(F)c3)c2)cc1. The van der Waals surface area contributed by atoms with Crippen LogP contribution in [0.4, 0.5) is 20.2 Å². The van der Waals surface area contributed by atoms with Gasteiger partial charge in [0.25, 0.3) is 11.8 Å². The number of methoxy groups -OCH3 is 1. The van der Waals surface area contributed by atoms with Crippen LogP contribution >= 0.6 is 0 Å². The topological polar surface area (TPSA) is 80.3 Å². The van der Waals surface area contributed by atoms with Gasteiger partial charge in [0.1, 0.15) is 11.4 Å². The summed E-state index contributed by atoms with van der Waals surface area (Å²) in [6.07, 6.45) is 1.31. The van der Waals surface area contributed by atoms with Gasteiger partial charge < -0.3 is 15.4 Å². The minimum absolute atomic E-state index is 0.0490. The molecule has 1 heterocycles. The van der Waals surface area contributed by atoms with Crippen LogP contribution in [0.15, 0.2) is 60.8 Å². The summed E-state index contributed by atoms with van der Waals surface area (Å²) < 4.78 is 31.3. The summed E-state index contributed by atoms with van der Waals surface area (Å²) in [6, 6.07) is 12.5. The quantitative estimate of drug-likeness (QED) is 0.701. The molecule has 2 aromatic carbocycles. The molecule has 0 atom stereocenters. The Bertz CT molecular complexity index is 1020. The number of hydrogen-bond acceptors (Lipinski definition) is 4. The number of rotatable bonds is 5. The van der Waals surface area contributed by atoms with Crippen molar-refractivity contribution in [2.24, 2.45) is 0 Å². The third-order valence-electron chi connectivity index (χ3n) is 3.78. The molecule has 0 radical (unpaired) electrons. The number of nitrogens with one attached hydrogen (secondary N) is 2. The summed E-state index contributed by atoms with van der Waals surface area (Å²) in [4.78, 5) is 28.6. The van der Waals surface area contributed by atoms with Gasteiger partial charge in [-0.3, -0.25) is 14.6 Å². The highest BCUT2D eigenvalue weighted by Crippen LogP contribution is 2.17. The van der Waals surface area contributed by atoms with Crippen molar-refractivity contribution in [2.45, 2.75) is 0 Å². The number of benzene rings is 2. The predicted octanol–water partition coefficient (Wildman–Crippen LogP) is 3.87. The highest BCUT2D eigenvalue weighted by atomic mass is 19.2. The van der Waals surface area contributed by atoms with Gasteiger partial charge >= 0.3 is 0 Å². The lowest BCUT2D eigenvalue weighted by Crippen LogP contribution is -2.17. The molecule has 0 spiro atoms.